The first kappa shape index (κ1) is 9.23. The van der Waals surface area contributed by atoms with Gasteiger partial charge in [0.2, 0.25) is 10.3 Å². The molecule has 1 aliphatic heterocycles. The van der Waals surface area contributed by atoms with Crippen LogP contribution in [0.4, 0.5) is 5.13 Å². The summed E-state index contributed by atoms with van der Waals surface area (Å²) < 4.78 is 9.40. The number of nitrogens with two attached hydrogens (primary N) is 1. The second-order valence-corrected chi connectivity index (χ2v) is 4.90. The van der Waals surface area contributed by atoms with Gasteiger partial charge in [-0.25, -0.2) is 0 Å². The highest BCUT2D eigenvalue weighted by Crippen LogP contribution is 2.28. The first-order valence-electron chi connectivity index (χ1n) is 4.18. The largest absolute Gasteiger partial charge is 0.381 e. The van der Waals surface area contributed by atoms with Gasteiger partial charge < -0.3 is 10.5 Å². The van der Waals surface area contributed by atoms with Gasteiger partial charge >= 0.3 is 0 Å². The molecule has 0 spiro atoms. The Kier molecular flexibility index (Phi) is 3.02. The van der Waals surface area contributed by atoms with Crippen molar-refractivity contribution in [3.05, 3.63) is 0 Å². The summed E-state index contributed by atoms with van der Waals surface area (Å²) in [5, 5.41) is 1.96. The predicted molar refractivity (Wildman–Crippen MR) is 54.0 cm³/mol. The molecule has 1 fully saturated rings. The summed E-state index contributed by atoms with van der Waals surface area (Å²) in [5.41, 5.74) is 5.49. The molecule has 2 rings (SSSR count). The second-order valence-electron chi connectivity index (χ2n) is 2.84. The minimum Gasteiger partial charge on any atom is -0.381 e. The molecule has 0 atom stereocenters. The van der Waals surface area contributed by atoms with Crippen LogP contribution in [0, 0.1) is 0 Å². The third-order valence-electron chi connectivity index (χ3n) is 1.86. The number of nitrogens with zero attached hydrogens (tertiary/aromatic N) is 2. The lowest BCUT2D eigenvalue weighted by atomic mass is 10.2. The molecule has 6 heteroatoms. The van der Waals surface area contributed by atoms with E-state index in [0.717, 1.165) is 31.2 Å². The Morgan fingerprint density at radius 1 is 1.46 bits per heavy atom. The minimum absolute atomic E-state index is 0.551. The fraction of sp³-hybridized carbons (Fsp3) is 0.714. The molecule has 1 aromatic heterocycles. The smallest absolute Gasteiger partial charge is 0.202 e. The quantitative estimate of drug-likeness (QED) is 0.811. The maximum atomic E-state index is 5.49. The number of nitrogen functional groups attached to an aromatic ring is 1. The number of anilines is 1. The van der Waals surface area contributed by atoms with E-state index in [2.05, 4.69) is 9.36 Å². The summed E-state index contributed by atoms with van der Waals surface area (Å²) in [6.45, 7) is 1.72. The van der Waals surface area contributed by atoms with Crippen LogP contribution in [0.5, 0.6) is 0 Å². The van der Waals surface area contributed by atoms with Crippen LogP contribution >= 0.6 is 23.3 Å². The topological polar surface area (TPSA) is 61.0 Å². The zero-order valence-corrected chi connectivity index (χ0v) is 8.74. The summed E-state index contributed by atoms with van der Waals surface area (Å²) in [4.78, 5) is 4.11. The second kappa shape index (κ2) is 4.26. The zero-order valence-electron chi connectivity index (χ0n) is 7.10. The van der Waals surface area contributed by atoms with Crippen molar-refractivity contribution in [2.75, 3.05) is 18.9 Å². The SMILES string of the molecule is Nc1nc(SC2CCOCC2)ns1. The lowest BCUT2D eigenvalue weighted by Crippen LogP contribution is -2.17. The van der Waals surface area contributed by atoms with E-state index < -0.39 is 0 Å². The Morgan fingerprint density at radius 2 is 2.23 bits per heavy atom. The maximum Gasteiger partial charge on any atom is 0.202 e. The molecule has 0 unspecified atom stereocenters. The average molecular weight is 217 g/mol. The highest BCUT2D eigenvalue weighted by molar-refractivity contribution is 7.99. The molecular weight excluding hydrogens is 206 g/mol. The van der Waals surface area contributed by atoms with E-state index in [1.807, 2.05) is 0 Å². The van der Waals surface area contributed by atoms with Crippen LogP contribution < -0.4 is 5.73 Å². The highest BCUT2D eigenvalue weighted by Gasteiger charge is 2.16. The lowest BCUT2D eigenvalue weighted by molar-refractivity contribution is 0.1000. The van der Waals surface area contributed by atoms with Crippen molar-refractivity contribution in [1.82, 2.24) is 9.36 Å². The summed E-state index contributed by atoms with van der Waals surface area (Å²) in [6.07, 6.45) is 2.17. The first-order chi connectivity index (χ1) is 6.34. The van der Waals surface area contributed by atoms with E-state index in [1.165, 1.54) is 11.5 Å². The Bertz CT molecular complexity index is 272. The Balaban J connectivity index is 1.89. The fourth-order valence-corrected chi connectivity index (χ4v) is 2.77. The van der Waals surface area contributed by atoms with E-state index in [0.29, 0.717) is 10.4 Å². The van der Waals surface area contributed by atoms with Crippen molar-refractivity contribution < 1.29 is 4.74 Å². The van der Waals surface area contributed by atoms with Crippen molar-refractivity contribution >= 4 is 28.4 Å². The highest BCUT2D eigenvalue weighted by atomic mass is 32.2. The van der Waals surface area contributed by atoms with Crippen molar-refractivity contribution in [2.24, 2.45) is 0 Å². The van der Waals surface area contributed by atoms with Crippen LogP contribution in [0.25, 0.3) is 0 Å². The molecule has 0 aliphatic carbocycles. The zero-order chi connectivity index (χ0) is 9.10. The van der Waals surface area contributed by atoms with Crippen molar-refractivity contribution in [3.8, 4) is 0 Å². The van der Waals surface area contributed by atoms with Gasteiger partial charge in [0.05, 0.1) is 0 Å². The van der Waals surface area contributed by atoms with Crippen LogP contribution in [0.3, 0.4) is 0 Å². The van der Waals surface area contributed by atoms with E-state index >= 15 is 0 Å². The molecule has 4 nitrogen and oxygen atoms in total. The lowest BCUT2D eigenvalue weighted by Gasteiger charge is -2.19. The Labute approximate surface area is 85.0 Å². The molecule has 72 valence electrons. The van der Waals surface area contributed by atoms with Crippen molar-refractivity contribution in [1.29, 1.82) is 0 Å². The molecule has 0 radical (unpaired) electrons. The normalized spacial score (nSPS) is 19.1. The Hall–Kier alpha value is -0.330. The van der Waals surface area contributed by atoms with Gasteiger partial charge in [0, 0.05) is 30.0 Å². The maximum absolute atomic E-state index is 5.49. The van der Waals surface area contributed by atoms with Gasteiger partial charge in [-0.05, 0) is 12.8 Å². The molecule has 1 aromatic rings. The number of aromatic nitrogens is 2. The van der Waals surface area contributed by atoms with Crippen LogP contribution in [-0.2, 0) is 4.74 Å². The van der Waals surface area contributed by atoms with Crippen LogP contribution in [0.15, 0.2) is 5.16 Å². The third-order valence-corrected chi connectivity index (χ3v) is 3.72. The molecule has 1 saturated heterocycles. The number of ether oxygens (including phenoxy) is 1. The third kappa shape index (κ3) is 2.55. The summed E-state index contributed by atoms with van der Waals surface area (Å²) in [7, 11) is 0. The van der Waals surface area contributed by atoms with Crippen LogP contribution in [-0.4, -0.2) is 27.8 Å². The number of hydrogen-bond donors (Lipinski definition) is 1. The van der Waals surface area contributed by atoms with E-state index in [-0.39, 0.29) is 0 Å². The standard InChI is InChI=1S/C7H11N3OS2/c8-6-9-7(10-13-6)12-5-1-3-11-4-2-5/h5H,1-4H2,(H2,8,9,10). The van der Waals surface area contributed by atoms with Crippen LogP contribution in [0.2, 0.25) is 0 Å². The van der Waals surface area contributed by atoms with Gasteiger partial charge in [-0.2, -0.15) is 9.36 Å². The van der Waals surface area contributed by atoms with E-state index in [1.54, 1.807) is 11.8 Å². The molecule has 13 heavy (non-hydrogen) atoms. The Morgan fingerprint density at radius 3 is 2.85 bits per heavy atom. The molecule has 0 amide bonds. The molecular formula is C7H11N3OS2. The van der Waals surface area contributed by atoms with E-state index in [4.69, 9.17) is 10.5 Å². The molecule has 0 saturated carbocycles. The number of rotatable bonds is 2. The molecule has 2 heterocycles. The van der Waals surface area contributed by atoms with Gasteiger partial charge in [0.25, 0.3) is 0 Å². The van der Waals surface area contributed by atoms with E-state index in [9.17, 15) is 0 Å². The summed E-state index contributed by atoms with van der Waals surface area (Å²) >= 11 is 2.97. The fourth-order valence-electron chi connectivity index (χ4n) is 1.21. The minimum atomic E-state index is 0.551. The van der Waals surface area contributed by atoms with Crippen LogP contribution in [0.1, 0.15) is 12.8 Å². The molecule has 2 N–H and O–H groups in total. The van der Waals surface area contributed by atoms with Crippen molar-refractivity contribution in [3.63, 3.8) is 0 Å². The first-order valence-corrected chi connectivity index (χ1v) is 5.83. The average Bonchev–Trinajstić information content (AvgIpc) is 2.53. The van der Waals surface area contributed by atoms with Crippen molar-refractivity contribution in [2.45, 2.75) is 23.2 Å². The van der Waals surface area contributed by atoms with Gasteiger partial charge in [0.15, 0.2) is 0 Å². The predicted octanol–water partition coefficient (Wildman–Crippen LogP) is 1.39. The number of thioether (sulfide) groups is 1. The summed E-state index contributed by atoms with van der Waals surface area (Å²) in [5.74, 6) is 0. The monoisotopic (exact) mass is 217 g/mol. The van der Waals surface area contributed by atoms with Gasteiger partial charge in [-0.1, -0.05) is 11.8 Å². The molecule has 0 aromatic carbocycles. The molecule has 0 bridgehead atoms. The van der Waals surface area contributed by atoms with Gasteiger partial charge in [-0.3, -0.25) is 0 Å². The van der Waals surface area contributed by atoms with Gasteiger partial charge in [0.1, 0.15) is 0 Å². The molecule has 1 aliphatic rings. The van der Waals surface area contributed by atoms with Gasteiger partial charge in [-0.15, -0.1) is 0 Å². The number of hydrogen-bond acceptors (Lipinski definition) is 6. The summed E-state index contributed by atoms with van der Waals surface area (Å²) in [6, 6.07) is 0.